The van der Waals surface area contributed by atoms with Crippen LogP contribution in [-0.2, 0) is 10.2 Å². The molecule has 0 atom stereocenters. The molecule has 1 amide bonds. The van der Waals surface area contributed by atoms with Crippen LogP contribution >= 0.6 is 0 Å². The fourth-order valence-electron chi connectivity index (χ4n) is 2.29. The molecule has 1 aromatic carbocycles. The molecule has 0 saturated carbocycles. The number of para-hydroxylation sites is 1. The average Bonchev–Trinajstić information content (AvgIpc) is 2.39. The van der Waals surface area contributed by atoms with Crippen LogP contribution in [0.3, 0.4) is 0 Å². The molecule has 2 N–H and O–H groups in total. The second-order valence-corrected chi connectivity index (χ2v) is 5.26. The monoisotopic (exact) mass is 266 g/mol. The van der Waals surface area contributed by atoms with E-state index in [0.717, 1.165) is 5.56 Å². The Hall–Kier alpha value is -2.79. The van der Waals surface area contributed by atoms with E-state index < -0.39 is 0 Å². The molecule has 1 aliphatic heterocycles. The molecular formula is C15H14N4O. The van der Waals surface area contributed by atoms with Crippen LogP contribution in [0.25, 0.3) is 0 Å². The first-order chi connectivity index (χ1) is 9.47. The van der Waals surface area contributed by atoms with Crippen LogP contribution in [0, 0.1) is 22.7 Å². The van der Waals surface area contributed by atoms with E-state index in [1.807, 2.05) is 26.0 Å². The number of carbonyl (C=O) groups is 1. The first-order valence-corrected chi connectivity index (χ1v) is 6.18. The van der Waals surface area contributed by atoms with E-state index >= 15 is 0 Å². The predicted molar refractivity (Wildman–Crippen MR) is 75.6 cm³/mol. The molecule has 5 nitrogen and oxygen atoms in total. The molecule has 5 heteroatoms. The summed E-state index contributed by atoms with van der Waals surface area (Å²) in [5.74, 6) is -0.0403. The van der Waals surface area contributed by atoms with Crippen LogP contribution in [0.2, 0.25) is 0 Å². The highest BCUT2D eigenvalue weighted by Crippen LogP contribution is 2.40. The number of hydrogen-bond donors (Lipinski definition) is 2. The van der Waals surface area contributed by atoms with Gasteiger partial charge in [-0.3, -0.25) is 4.79 Å². The summed E-state index contributed by atoms with van der Waals surface area (Å²) < 4.78 is 0. The molecular weight excluding hydrogens is 252 g/mol. The maximum absolute atomic E-state index is 11.8. The Labute approximate surface area is 117 Å². The van der Waals surface area contributed by atoms with Crippen molar-refractivity contribution in [2.45, 2.75) is 25.7 Å². The quantitative estimate of drug-likeness (QED) is 0.805. The van der Waals surface area contributed by atoms with Crippen molar-refractivity contribution in [3.8, 4) is 12.1 Å². The van der Waals surface area contributed by atoms with Gasteiger partial charge in [0.05, 0.1) is 11.4 Å². The number of amides is 1. The molecule has 0 bridgehead atoms. The molecule has 0 aliphatic carbocycles. The highest BCUT2D eigenvalue weighted by Gasteiger charge is 2.32. The van der Waals surface area contributed by atoms with Crippen molar-refractivity contribution in [2.24, 2.45) is 0 Å². The highest BCUT2D eigenvalue weighted by molar-refractivity contribution is 5.99. The third-order valence-electron chi connectivity index (χ3n) is 3.27. The lowest BCUT2D eigenvalue weighted by Crippen LogP contribution is -2.32. The maximum atomic E-state index is 11.8. The molecule has 1 aliphatic rings. The third-order valence-corrected chi connectivity index (χ3v) is 3.27. The summed E-state index contributed by atoms with van der Waals surface area (Å²) in [6.07, 6.45) is 1.77. The number of anilines is 2. The van der Waals surface area contributed by atoms with Crippen molar-refractivity contribution in [2.75, 3.05) is 10.6 Å². The zero-order valence-corrected chi connectivity index (χ0v) is 11.3. The van der Waals surface area contributed by atoms with E-state index in [-0.39, 0.29) is 16.9 Å². The van der Waals surface area contributed by atoms with Gasteiger partial charge in [0.2, 0.25) is 5.91 Å². The Morgan fingerprint density at radius 2 is 2.10 bits per heavy atom. The van der Waals surface area contributed by atoms with Crippen molar-refractivity contribution < 1.29 is 4.79 Å². The number of benzene rings is 1. The van der Waals surface area contributed by atoms with Crippen molar-refractivity contribution in [1.82, 2.24) is 0 Å². The van der Waals surface area contributed by atoms with Gasteiger partial charge in [-0.15, -0.1) is 0 Å². The van der Waals surface area contributed by atoms with Crippen molar-refractivity contribution >= 4 is 17.3 Å². The van der Waals surface area contributed by atoms with Crippen LogP contribution in [0.1, 0.15) is 25.8 Å². The largest absolute Gasteiger partial charge is 0.358 e. The van der Waals surface area contributed by atoms with E-state index in [1.54, 1.807) is 18.2 Å². The smallest absolute Gasteiger partial charge is 0.225 e. The van der Waals surface area contributed by atoms with Crippen LogP contribution in [0.5, 0.6) is 0 Å². The number of nitrogens with one attached hydrogen (secondary N) is 2. The van der Waals surface area contributed by atoms with Crippen LogP contribution in [-0.4, -0.2) is 5.91 Å². The number of rotatable bonds is 2. The SMILES string of the molecule is CC1(C)CC(=O)Nc2c(NC=C(C#N)C#N)cccc21. The molecule has 0 unspecified atom stereocenters. The standard InChI is InChI=1S/C15H14N4O/c1-15(2)6-13(20)19-14-11(15)4-3-5-12(14)18-9-10(7-16)8-17/h3-5,9,18H,6H2,1-2H3,(H,19,20). The van der Waals surface area contributed by atoms with Gasteiger partial charge < -0.3 is 10.6 Å². The van der Waals surface area contributed by atoms with E-state index in [0.29, 0.717) is 17.8 Å². The van der Waals surface area contributed by atoms with Crippen LogP contribution in [0.4, 0.5) is 11.4 Å². The number of fused-ring (bicyclic) bond motifs is 1. The second kappa shape index (κ2) is 5.07. The number of nitrogens with zero attached hydrogens (tertiary/aromatic N) is 2. The van der Waals surface area contributed by atoms with Gasteiger partial charge in [0.1, 0.15) is 17.7 Å². The molecule has 1 heterocycles. The molecule has 0 saturated heterocycles. The van der Waals surface area contributed by atoms with Gasteiger partial charge in [-0.05, 0) is 11.6 Å². The molecule has 0 radical (unpaired) electrons. The molecule has 0 fully saturated rings. The summed E-state index contributed by atoms with van der Waals surface area (Å²) in [6, 6.07) is 9.20. The van der Waals surface area contributed by atoms with Crippen LogP contribution in [0.15, 0.2) is 30.0 Å². The fraction of sp³-hybridized carbons (Fsp3) is 0.267. The zero-order chi connectivity index (χ0) is 14.8. The van der Waals surface area contributed by atoms with Gasteiger partial charge in [-0.1, -0.05) is 26.0 Å². The van der Waals surface area contributed by atoms with Crippen molar-refractivity contribution in [1.29, 1.82) is 10.5 Å². The summed E-state index contributed by atoms with van der Waals surface area (Å²) in [5, 5.41) is 23.2. The minimum Gasteiger partial charge on any atom is -0.358 e. The number of nitriles is 2. The van der Waals surface area contributed by atoms with Crippen molar-refractivity contribution in [3.63, 3.8) is 0 Å². The molecule has 0 spiro atoms. The first kappa shape index (κ1) is 13.6. The third kappa shape index (κ3) is 2.48. The second-order valence-electron chi connectivity index (χ2n) is 5.26. The number of hydrogen-bond acceptors (Lipinski definition) is 4. The lowest BCUT2D eigenvalue weighted by atomic mass is 9.78. The van der Waals surface area contributed by atoms with Gasteiger partial charge in [0.25, 0.3) is 0 Å². The van der Waals surface area contributed by atoms with Gasteiger partial charge in [-0.25, -0.2) is 0 Å². The van der Waals surface area contributed by atoms with E-state index in [4.69, 9.17) is 10.5 Å². The zero-order valence-electron chi connectivity index (χ0n) is 11.3. The maximum Gasteiger partial charge on any atom is 0.225 e. The molecule has 1 aromatic rings. The minimum absolute atomic E-state index is 0.0241. The first-order valence-electron chi connectivity index (χ1n) is 6.18. The van der Waals surface area contributed by atoms with Gasteiger partial charge in [0, 0.05) is 18.0 Å². The Kier molecular flexibility index (Phi) is 3.45. The summed E-state index contributed by atoms with van der Waals surface area (Å²) >= 11 is 0. The molecule has 100 valence electrons. The summed E-state index contributed by atoms with van der Waals surface area (Å²) in [7, 11) is 0. The highest BCUT2D eigenvalue weighted by atomic mass is 16.1. The average molecular weight is 266 g/mol. The summed E-state index contributed by atoms with van der Waals surface area (Å²) in [5.41, 5.74) is 2.15. The Balaban J connectivity index is 2.44. The lowest BCUT2D eigenvalue weighted by molar-refractivity contribution is -0.117. The van der Waals surface area contributed by atoms with E-state index in [1.165, 1.54) is 6.20 Å². The number of carbonyl (C=O) groups excluding carboxylic acids is 1. The Morgan fingerprint density at radius 1 is 1.40 bits per heavy atom. The Bertz CT molecular complexity index is 658. The molecule has 2 rings (SSSR count). The summed E-state index contributed by atoms with van der Waals surface area (Å²) in [4.78, 5) is 11.8. The number of allylic oxidation sites excluding steroid dienone is 1. The summed E-state index contributed by atoms with van der Waals surface area (Å²) in [6.45, 7) is 4.03. The normalized spacial score (nSPS) is 15.1. The Morgan fingerprint density at radius 3 is 2.75 bits per heavy atom. The van der Waals surface area contributed by atoms with E-state index in [2.05, 4.69) is 10.6 Å². The van der Waals surface area contributed by atoms with Gasteiger partial charge >= 0.3 is 0 Å². The molecule has 20 heavy (non-hydrogen) atoms. The predicted octanol–water partition coefficient (Wildman–Crippen LogP) is 2.65. The van der Waals surface area contributed by atoms with E-state index in [9.17, 15) is 4.79 Å². The minimum atomic E-state index is -0.244. The fourth-order valence-corrected chi connectivity index (χ4v) is 2.29. The van der Waals surface area contributed by atoms with Gasteiger partial charge in [0.15, 0.2) is 0 Å². The van der Waals surface area contributed by atoms with Crippen LogP contribution < -0.4 is 10.6 Å². The molecule has 0 aromatic heterocycles. The van der Waals surface area contributed by atoms with Gasteiger partial charge in [-0.2, -0.15) is 10.5 Å². The lowest BCUT2D eigenvalue weighted by Gasteiger charge is -2.33. The van der Waals surface area contributed by atoms with Crippen molar-refractivity contribution in [3.05, 3.63) is 35.5 Å². The topological polar surface area (TPSA) is 88.7 Å².